The largest absolute Gasteiger partial charge is 0.508 e. The number of hydrogen-bond acceptors (Lipinski definition) is 4. The molecule has 2 aromatic heterocycles. The van der Waals surface area contributed by atoms with Gasteiger partial charge in [-0.1, -0.05) is 30.3 Å². The van der Waals surface area contributed by atoms with Crippen molar-refractivity contribution in [2.75, 3.05) is 0 Å². The summed E-state index contributed by atoms with van der Waals surface area (Å²) in [5, 5.41) is 9.96. The van der Waals surface area contributed by atoms with E-state index in [-0.39, 0.29) is 11.3 Å². The molecule has 0 unspecified atom stereocenters. The number of H-pyrrole nitrogens is 1. The fraction of sp³-hybridized carbons (Fsp3) is 0. The number of phenolic OH excluding ortho intramolecular Hbond substituents is 1. The van der Waals surface area contributed by atoms with Crippen molar-refractivity contribution < 1.29 is 5.11 Å². The molecule has 2 heterocycles. The van der Waals surface area contributed by atoms with E-state index in [2.05, 4.69) is 9.97 Å². The quantitative estimate of drug-likeness (QED) is 0.586. The SMILES string of the molecule is O=c1[nH]c(-c2ccc(O)cc2)nc2sc(-c3ccccc3)cc12. The molecule has 0 radical (unpaired) electrons. The number of hydrogen-bond donors (Lipinski definition) is 2. The summed E-state index contributed by atoms with van der Waals surface area (Å²) in [5.41, 5.74) is 1.68. The maximum Gasteiger partial charge on any atom is 0.259 e. The molecule has 5 heteroatoms. The third-order valence-corrected chi connectivity index (χ3v) is 4.68. The van der Waals surface area contributed by atoms with Crippen LogP contribution in [0.5, 0.6) is 5.75 Å². The van der Waals surface area contributed by atoms with Gasteiger partial charge in [-0.3, -0.25) is 4.79 Å². The van der Waals surface area contributed by atoms with Crippen LogP contribution in [0.15, 0.2) is 65.5 Å². The Balaban J connectivity index is 1.87. The Morgan fingerprint density at radius 1 is 0.957 bits per heavy atom. The molecule has 0 saturated carbocycles. The molecular formula is C18H12N2O2S. The average molecular weight is 320 g/mol. The minimum absolute atomic E-state index is 0.156. The molecule has 4 nitrogen and oxygen atoms in total. The van der Waals surface area contributed by atoms with Gasteiger partial charge < -0.3 is 10.1 Å². The van der Waals surface area contributed by atoms with Gasteiger partial charge in [0.05, 0.1) is 5.39 Å². The first kappa shape index (κ1) is 13.7. The number of nitrogens with one attached hydrogen (secondary N) is 1. The first-order valence-corrected chi connectivity index (χ1v) is 7.91. The van der Waals surface area contributed by atoms with Crippen LogP contribution in [-0.2, 0) is 0 Å². The summed E-state index contributed by atoms with van der Waals surface area (Å²) in [6.45, 7) is 0. The molecule has 2 N–H and O–H groups in total. The van der Waals surface area contributed by atoms with Crippen LogP contribution in [-0.4, -0.2) is 15.1 Å². The molecule has 23 heavy (non-hydrogen) atoms. The van der Waals surface area contributed by atoms with E-state index < -0.39 is 0 Å². The minimum atomic E-state index is -0.156. The topological polar surface area (TPSA) is 66.0 Å². The number of phenols is 1. The number of fused-ring (bicyclic) bond motifs is 1. The lowest BCUT2D eigenvalue weighted by Crippen LogP contribution is -2.07. The molecule has 0 aliphatic rings. The van der Waals surface area contributed by atoms with Crippen molar-refractivity contribution in [2.45, 2.75) is 0 Å². The summed E-state index contributed by atoms with van der Waals surface area (Å²) < 4.78 is 0. The lowest BCUT2D eigenvalue weighted by atomic mass is 10.2. The van der Waals surface area contributed by atoms with E-state index in [0.29, 0.717) is 16.0 Å². The Hall–Kier alpha value is -2.92. The van der Waals surface area contributed by atoms with E-state index in [1.165, 1.54) is 11.3 Å². The highest BCUT2D eigenvalue weighted by atomic mass is 32.1. The second kappa shape index (κ2) is 5.37. The van der Waals surface area contributed by atoms with E-state index in [1.807, 2.05) is 36.4 Å². The molecule has 0 amide bonds. The Bertz CT molecular complexity index is 1030. The molecular weight excluding hydrogens is 308 g/mol. The van der Waals surface area contributed by atoms with E-state index in [4.69, 9.17) is 0 Å². The van der Waals surface area contributed by atoms with Crippen LogP contribution < -0.4 is 5.56 Å². The Morgan fingerprint density at radius 3 is 2.43 bits per heavy atom. The van der Waals surface area contributed by atoms with Crippen LogP contribution in [0.1, 0.15) is 0 Å². The number of aromatic amines is 1. The molecule has 0 bridgehead atoms. The van der Waals surface area contributed by atoms with Crippen molar-refractivity contribution in [3.8, 4) is 27.6 Å². The van der Waals surface area contributed by atoms with Gasteiger partial charge in [0.1, 0.15) is 16.4 Å². The van der Waals surface area contributed by atoms with Gasteiger partial charge >= 0.3 is 0 Å². The molecule has 4 rings (SSSR count). The van der Waals surface area contributed by atoms with Crippen molar-refractivity contribution in [3.05, 3.63) is 71.0 Å². The number of nitrogens with zero attached hydrogens (tertiary/aromatic N) is 1. The standard InChI is InChI=1S/C18H12N2O2S/c21-13-8-6-12(7-9-13)16-19-17(22)14-10-15(23-18(14)20-16)11-4-2-1-3-5-11/h1-10,21H,(H,19,20,22). The van der Waals surface area contributed by atoms with Gasteiger partial charge in [-0.25, -0.2) is 4.98 Å². The summed E-state index contributed by atoms with van der Waals surface area (Å²) in [4.78, 5) is 21.4. The van der Waals surface area contributed by atoms with Crippen molar-refractivity contribution >= 4 is 21.6 Å². The molecule has 0 spiro atoms. The van der Waals surface area contributed by atoms with Gasteiger partial charge in [-0.05, 0) is 35.9 Å². The van der Waals surface area contributed by atoms with Crippen molar-refractivity contribution in [3.63, 3.8) is 0 Å². The van der Waals surface area contributed by atoms with Gasteiger partial charge in [0, 0.05) is 10.4 Å². The smallest absolute Gasteiger partial charge is 0.259 e. The Kier molecular flexibility index (Phi) is 3.20. The summed E-state index contributed by atoms with van der Waals surface area (Å²) in [6.07, 6.45) is 0. The summed E-state index contributed by atoms with van der Waals surface area (Å²) in [7, 11) is 0. The summed E-state index contributed by atoms with van der Waals surface area (Å²) >= 11 is 1.50. The summed E-state index contributed by atoms with van der Waals surface area (Å²) in [5.74, 6) is 0.684. The van der Waals surface area contributed by atoms with Crippen LogP contribution >= 0.6 is 11.3 Å². The number of thiophene rings is 1. The fourth-order valence-corrected chi connectivity index (χ4v) is 3.47. The van der Waals surface area contributed by atoms with Crippen molar-refractivity contribution in [2.24, 2.45) is 0 Å². The van der Waals surface area contributed by atoms with Gasteiger partial charge in [0.2, 0.25) is 0 Å². The average Bonchev–Trinajstić information content (AvgIpc) is 3.01. The second-order valence-corrected chi connectivity index (χ2v) is 6.19. The number of aromatic hydroxyl groups is 1. The normalized spacial score (nSPS) is 11.0. The zero-order chi connectivity index (χ0) is 15.8. The Labute approximate surface area is 135 Å². The number of benzene rings is 2. The fourth-order valence-electron chi connectivity index (χ4n) is 2.43. The molecule has 0 atom stereocenters. The van der Waals surface area contributed by atoms with Crippen LogP contribution in [0, 0.1) is 0 Å². The van der Waals surface area contributed by atoms with Crippen LogP contribution in [0.2, 0.25) is 0 Å². The van der Waals surface area contributed by atoms with E-state index in [9.17, 15) is 9.90 Å². The zero-order valence-electron chi connectivity index (χ0n) is 12.0. The van der Waals surface area contributed by atoms with Crippen molar-refractivity contribution in [1.29, 1.82) is 0 Å². The number of rotatable bonds is 2. The predicted octanol–water partition coefficient (Wildman–Crippen LogP) is 4.02. The van der Waals surface area contributed by atoms with Crippen LogP contribution in [0.25, 0.3) is 32.0 Å². The summed E-state index contributed by atoms with van der Waals surface area (Å²) in [6, 6.07) is 18.4. The third-order valence-electron chi connectivity index (χ3n) is 3.60. The maximum atomic E-state index is 12.3. The number of aromatic nitrogens is 2. The zero-order valence-corrected chi connectivity index (χ0v) is 12.8. The second-order valence-electron chi connectivity index (χ2n) is 5.16. The van der Waals surface area contributed by atoms with Gasteiger partial charge in [-0.15, -0.1) is 11.3 Å². The Morgan fingerprint density at radius 2 is 1.70 bits per heavy atom. The minimum Gasteiger partial charge on any atom is -0.508 e. The predicted molar refractivity (Wildman–Crippen MR) is 92.8 cm³/mol. The molecule has 0 saturated heterocycles. The van der Waals surface area contributed by atoms with E-state index in [0.717, 1.165) is 16.0 Å². The van der Waals surface area contributed by atoms with E-state index in [1.54, 1.807) is 24.3 Å². The first-order chi connectivity index (χ1) is 11.2. The molecule has 2 aromatic carbocycles. The monoisotopic (exact) mass is 320 g/mol. The highest BCUT2D eigenvalue weighted by molar-refractivity contribution is 7.21. The lowest BCUT2D eigenvalue weighted by molar-refractivity contribution is 0.475. The van der Waals surface area contributed by atoms with Gasteiger partial charge in [-0.2, -0.15) is 0 Å². The third kappa shape index (κ3) is 2.51. The van der Waals surface area contributed by atoms with Gasteiger partial charge in [0.25, 0.3) is 5.56 Å². The van der Waals surface area contributed by atoms with E-state index >= 15 is 0 Å². The van der Waals surface area contributed by atoms with Crippen LogP contribution in [0.3, 0.4) is 0 Å². The first-order valence-electron chi connectivity index (χ1n) is 7.09. The molecule has 4 aromatic rings. The molecule has 112 valence electrons. The van der Waals surface area contributed by atoms with Crippen LogP contribution in [0.4, 0.5) is 0 Å². The lowest BCUT2D eigenvalue weighted by Gasteiger charge is -2.00. The van der Waals surface area contributed by atoms with Crippen molar-refractivity contribution in [1.82, 2.24) is 9.97 Å². The maximum absolute atomic E-state index is 12.3. The molecule has 0 aliphatic heterocycles. The molecule has 0 fully saturated rings. The highest BCUT2D eigenvalue weighted by Crippen LogP contribution is 2.31. The molecule has 0 aliphatic carbocycles. The van der Waals surface area contributed by atoms with Gasteiger partial charge in [0.15, 0.2) is 0 Å². The highest BCUT2D eigenvalue weighted by Gasteiger charge is 2.11.